The van der Waals surface area contributed by atoms with Crippen molar-refractivity contribution < 1.29 is 22.6 Å². The van der Waals surface area contributed by atoms with Gasteiger partial charge in [0.1, 0.15) is 0 Å². The molecule has 1 rings (SSSR count). The third-order valence-corrected chi connectivity index (χ3v) is 0.652. The minimum Gasteiger partial charge on any atom is -0.314 e. The molecule has 10 heavy (non-hydrogen) atoms. The molecular formula is C4H2F3NO2. The Morgan fingerprint density at radius 2 is 2.30 bits per heavy atom. The molecule has 0 saturated carbocycles. The molecule has 6 heteroatoms. The van der Waals surface area contributed by atoms with E-state index in [0.29, 0.717) is 0 Å². The van der Waals surface area contributed by atoms with Gasteiger partial charge in [-0.25, -0.2) is 9.73 Å². The van der Waals surface area contributed by atoms with Crippen LogP contribution in [0.5, 0.6) is 0 Å². The second kappa shape index (κ2) is 2.55. The third-order valence-electron chi connectivity index (χ3n) is 0.652. The van der Waals surface area contributed by atoms with E-state index in [9.17, 15) is 13.2 Å². The van der Waals surface area contributed by atoms with Crippen LogP contribution >= 0.6 is 0 Å². The van der Waals surface area contributed by atoms with Crippen LogP contribution in [0.15, 0.2) is 4.99 Å². The molecule has 1 heterocycles. The van der Waals surface area contributed by atoms with Crippen LogP contribution in [0.2, 0.25) is 0 Å². The predicted molar refractivity (Wildman–Crippen MR) is 23.7 cm³/mol. The Hall–Kier alpha value is -0.620. The molecule has 0 aromatic rings. The Balaban J connectivity index is 2.31. The van der Waals surface area contributed by atoms with Gasteiger partial charge in [-0.3, -0.25) is 0 Å². The number of hydrogen-bond acceptors (Lipinski definition) is 3. The average Bonchev–Trinajstić information content (AvgIpc) is 2.12. The summed E-state index contributed by atoms with van der Waals surface area (Å²) in [5, 5.41) is 0. The fourth-order valence-corrected chi connectivity index (χ4v) is 0.379. The third kappa shape index (κ3) is 2.32. The van der Waals surface area contributed by atoms with Gasteiger partial charge < -0.3 is 4.74 Å². The van der Waals surface area contributed by atoms with E-state index < -0.39 is 12.8 Å². The zero-order valence-electron chi connectivity index (χ0n) is 4.55. The first kappa shape index (κ1) is 7.49. The second-order valence-corrected chi connectivity index (χ2v) is 1.38. The lowest BCUT2D eigenvalue weighted by Crippen LogP contribution is -2.21. The summed E-state index contributed by atoms with van der Waals surface area (Å²) in [7, 11) is 0. The van der Waals surface area contributed by atoms with Crippen LogP contribution in [0.3, 0.4) is 0 Å². The van der Waals surface area contributed by atoms with E-state index in [1.807, 2.05) is 6.61 Å². The van der Waals surface area contributed by atoms with E-state index in [4.69, 9.17) is 0 Å². The summed E-state index contributed by atoms with van der Waals surface area (Å²) in [6.45, 7) is 1.98. The van der Waals surface area contributed by atoms with Crippen molar-refractivity contribution in [3.05, 3.63) is 6.61 Å². The number of ether oxygens (including phenoxy) is 2. The largest absolute Gasteiger partial charge is 0.526 e. The fourth-order valence-electron chi connectivity index (χ4n) is 0.379. The van der Waals surface area contributed by atoms with Crippen molar-refractivity contribution in [3.63, 3.8) is 0 Å². The van der Waals surface area contributed by atoms with Gasteiger partial charge in [0.25, 0.3) is 6.41 Å². The minimum absolute atomic E-state index is 0.969. The maximum atomic E-state index is 11.3. The zero-order valence-corrected chi connectivity index (χ0v) is 4.55. The van der Waals surface area contributed by atoms with Crippen molar-refractivity contribution in [2.75, 3.05) is 0 Å². The van der Waals surface area contributed by atoms with Gasteiger partial charge in [0.05, 0.1) is 0 Å². The van der Waals surface area contributed by atoms with Gasteiger partial charge in [0.2, 0.25) is 0 Å². The van der Waals surface area contributed by atoms with E-state index >= 15 is 0 Å². The van der Waals surface area contributed by atoms with Crippen molar-refractivity contribution in [1.82, 2.24) is 0 Å². The molecule has 0 aromatic carbocycles. The highest BCUT2D eigenvalue weighted by molar-refractivity contribution is 5.66. The highest BCUT2D eigenvalue weighted by atomic mass is 19.4. The summed E-state index contributed by atoms with van der Waals surface area (Å²) in [5.74, 6) is 0. The van der Waals surface area contributed by atoms with Crippen molar-refractivity contribution in [2.45, 2.75) is 12.8 Å². The molecule has 0 bridgehead atoms. The maximum absolute atomic E-state index is 11.3. The lowest BCUT2D eigenvalue weighted by molar-refractivity contribution is -0.370. The number of aliphatic imine (C=N–C) groups is 1. The average molecular weight is 153 g/mol. The molecule has 1 aliphatic heterocycles. The van der Waals surface area contributed by atoms with Gasteiger partial charge >= 0.3 is 6.36 Å². The lowest BCUT2D eigenvalue weighted by atomic mass is 10.8. The molecule has 0 aromatic heterocycles. The standard InChI is InChI=1S/C4H2F3NO2/c5-4(6,7)10-3-8-1-2-9-3/h1,3H. The summed E-state index contributed by atoms with van der Waals surface area (Å²) in [4.78, 5) is 3.12. The SMILES string of the molecule is FC(F)(F)OC1N=C[C]O1. The van der Waals surface area contributed by atoms with Crippen LogP contribution in [-0.4, -0.2) is 19.0 Å². The van der Waals surface area contributed by atoms with Crippen LogP contribution in [0.4, 0.5) is 13.2 Å². The minimum atomic E-state index is -4.71. The molecule has 0 spiro atoms. The van der Waals surface area contributed by atoms with Gasteiger partial charge in [-0.2, -0.15) is 0 Å². The summed E-state index contributed by atoms with van der Waals surface area (Å²) in [5.41, 5.74) is 0. The van der Waals surface area contributed by atoms with Gasteiger partial charge in [-0.1, -0.05) is 0 Å². The molecule has 3 nitrogen and oxygen atoms in total. The molecular weight excluding hydrogens is 151 g/mol. The van der Waals surface area contributed by atoms with Gasteiger partial charge in [0.15, 0.2) is 6.61 Å². The zero-order chi connectivity index (χ0) is 7.61. The van der Waals surface area contributed by atoms with Crippen LogP contribution in [0, 0.1) is 6.61 Å². The van der Waals surface area contributed by atoms with Gasteiger partial charge in [0, 0.05) is 6.21 Å². The Bertz CT molecular complexity index is 144. The van der Waals surface area contributed by atoms with E-state index in [1.54, 1.807) is 0 Å². The number of nitrogens with zero attached hydrogens (tertiary/aromatic N) is 1. The van der Waals surface area contributed by atoms with Crippen molar-refractivity contribution >= 4 is 6.21 Å². The molecule has 1 aliphatic rings. The Morgan fingerprint density at radius 1 is 1.60 bits per heavy atom. The quantitative estimate of drug-likeness (QED) is 0.561. The van der Waals surface area contributed by atoms with Crippen LogP contribution in [-0.2, 0) is 9.47 Å². The van der Waals surface area contributed by atoms with E-state index in [-0.39, 0.29) is 0 Å². The Morgan fingerprint density at radius 3 is 2.70 bits per heavy atom. The fraction of sp³-hybridized carbons (Fsp3) is 0.500. The van der Waals surface area contributed by atoms with Crippen LogP contribution < -0.4 is 0 Å². The molecule has 1 atom stereocenters. The lowest BCUT2D eigenvalue weighted by Gasteiger charge is -2.09. The smallest absolute Gasteiger partial charge is 0.314 e. The highest BCUT2D eigenvalue weighted by Crippen LogP contribution is 2.21. The molecule has 0 aliphatic carbocycles. The van der Waals surface area contributed by atoms with E-state index in [2.05, 4.69) is 14.5 Å². The molecule has 0 saturated heterocycles. The topological polar surface area (TPSA) is 30.8 Å². The molecule has 56 valence electrons. The highest BCUT2D eigenvalue weighted by Gasteiger charge is 2.34. The van der Waals surface area contributed by atoms with Crippen LogP contribution in [0.1, 0.15) is 0 Å². The van der Waals surface area contributed by atoms with Crippen LogP contribution in [0.25, 0.3) is 0 Å². The van der Waals surface area contributed by atoms with Crippen molar-refractivity contribution in [1.29, 1.82) is 0 Å². The molecule has 2 radical (unpaired) electrons. The van der Waals surface area contributed by atoms with Crippen molar-refractivity contribution in [3.8, 4) is 0 Å². The van der Waals surface area contributed by atoms with Gasteiger partial charge in [-0.05, 0) is 0 Å². The normalized spacial score (nSPS) is 25.7. The predicted octanol–water partition coefficient (Wildman–Crippen LogP) is 0.946. The number of halogens is 3. The van der Waals surface area contributed by atoms with E-state index in [0.717, 1.165) is 6.21 Å². The number of hydrogen-bond donors (Lipinski definition) is 0. The molecule has 1 unspecified atom stereocenters. The monoisotopic (exact) mass is 153 g/mol. The first-order valence-electron chi connectivity index (χ1n) is 2.25. The Kier molecular flexibility index (Phi) is 1.91. The summed E-state index contributed by atoms with van der Waals surface area (Å²) < 4.78 is 41.3. The Labute approximate surface area is 54.4 Å². The summed E-state index contributed by atoms with van der Waals surface area (Å²) >= 11 is 0. The molecule has 0 N–H and O–H groups in total. The first-order chi connectivity index (χ1) is 4.58. The second-order valence-electron chi connectivity index (χ2n) is 1.38. The molecule has 0 fully saturated rings. The maximum Gasteiger partial charge on any atom is 0.526 e. The number of rotatable bonds is 1. The van der Waals surface area contributed by atoms with Crippen molar-refractivity contribution in [2.24, 2.45) is 4.99 Å². The summed E-state index contributed by atoms with van der Waals surface area (Å²) in [6, 6.07) is 0. The first-order valence-corrected chi connectivity index (χ1v) is 2.25. The van der Waals surface area contributed by atoms with E-state index in [1.165, 1.54) is 0 Å². The molecule has 0 amide bonds. The summed E-state index contributed by atoms with van der Waals surface area (Å²) in [6.07, 6.45) is -5.36. The number of alkyl halides is 3. The van der Waals surface area contributed by atoms with Gasteiger partial charge in [-0.15, -0.1) is 13.2 Å².